The Morgan fingerprint density at radius 3 is 2.41 bits per heavy atom. The van der Waals surface area contributed by atoms with Gasteiger partial charge in [-0.3, -0.25) is 10.1 Å². The van der Waals surface area contributed by atoms with E-state index in [0.29, 0.717) is 16.7 Å². The quantitative estimate of drug-likeness (QED) is 0.687. The molecule has 0 fully saturated rings. The van der Waals surface area contributed by atoms with E-state index in [9.17, 15) is 9.90 Å². The standard InChI is InChI=1S/C13H15NO3/c1-4-5-14-11(13(16)17)10-6-8(2)12(15)9(3)7-10/h1,6-7,11,14-15H,5H2,2-3H3,(H,16,17). The summed E-state index contributed by atoms with van der Waals surface area (Å²) < 4.78 is 0. The minimum atomic E-state index is -0.996. The molecule has 1 unspecified atom stereocenters. The van der Waals surface area contributed by atoms with E-state index in [1.807, 2.05) is 0 Å². The topological polar surface area (TPSA) is 69.6 Å². The number of carboxylic acid groups (broad SMARTS) is 1. The average molecular weight is 233 g/mol. The summed E-state index contributed by atoms with van der Waals surface area (Å²) in [6.07, 6.45) is 5.09. The van der Waals surface area contributed by atoms with Gasteiger partial charge in [-0.15, -0.1) is 6.42 Å². The van der Waals surface area contributed by atoms with Crippen molar-refractivity contribution < 1.29 is 15.0 Å². The van der Waals surface area contributed by atoms with Crippen molar-refractivity contribution >= 4 is 5.97 Å². The fourth-order valence-corrected chi connectivity index (χ4v) is 1.66. The second-order valence-electron chi connectivity index (χ2n) is 3.86. The third-order valence-electron chi connectivity index (χ3n) is 2.50. The molecule has 3 N–H and O–H groups in total. The van der Waals surface area contributed by atoms with Crippen molar-refractivity contribution in [2.45, 2.75) is 19.9 Å². The normalized spacial score (nSPS) is 11.8. The van der Waals surface area contributed by atoms with Crippen molar-refractivity contribution in [2.75, 3.05) is 6.54 Å². The summed E-state index contributed by atoms with van der Waals surface area (Å²) in [5.41, 5.74) is 1.88. The summed E-state index contributed by atoms with van der Waals surface area (Å²) >= 11 is 0. The van der Waals surface area contributed by atoms with Crippen molar-refractivity contribution in [3.8, 4) is 18.1 Å². The van der Waals surface area contributed by atoms with Crippen molar-refractivity contribution in [2.24, 2.45) is 0 Å². The van der Waals surface area contributed by atoms with Gasteiger partial charge in [-0.1, -0.05) is 18.1 Å². The van der Waals surface area contributed by atoms with Crippen LogP contribution in [0.2, 0.25) is 0 Å². The number of carbonyl (C=O) groups is 1. The van der Waals surface area contributed by atoms with Crippen LogP contribution in [-0.4, -0.2) is 22.7 Å². The summed E-state index contributed by atoms with van der Waals surface area (Å²) in [6, 6.07) is 2.43. The molecule has 17 heavy (non-hydrogen) atoms. The second-order valence-corrected chi connectivity index (χ2v) is 3.86. The van der Waals surface area contributed by atoms with Gasteiger partial charge in [-0.25, -0.2) is 0 Å². The van der Waals surface area contributed by atoms with E-state index in [1.54, 1.807) is 26.0 Å². The number of phenolic OH excluding ortho intramolecular Hbond substituents is 1. The van der Waals surface area contributed by atoms with Gasteiger partial charge in [0.25, 0.3) is 0 Å². The molecule has 90 valence electrons. The lowest BCUT2D eigenvalue weighted by atomic mass is 10.0. The van der Waals surface area contributed by atoms with Gasteiger partial charge in [-0.05, 0) is 30.5 Å². The zero-order valence-electron chi connectivity index (χ0n) is 9.82. The molecule has 0 aliphatic carbocycles. The summed E-state index contributed by atoms with van der Waals surface area (Å²) in [5.74, 6) is 1.53. The molecule has 0 aliphatic rings. The van der Waals surface area contributed by atoms with Crippen LogP contribution in [0.3, 0.4) is 0 Å². The number of phenols is 1. The van der Waals surface area contributed by atoms with Crippen molar-refractivity contribution in [3.05, 3.63) is 28.8 Å². The highest BCUT2D eigenvalue weighted by Crippen LogP contribution is 2.26. The fourth-order valence-electron chi connectivity index (χ4n) is 1.66. The molecule has 0 heterocycles. The average Bonchev–Trinajstić information content (AvgIpc) is 2.25. The molecule has 4 nitrogen and oxygen atoms in total. The van der Waals surface area contributed by atoms with Crippen molar-refractivity contribution in [1.82, 2.24) is 5.32 Å². The number of terminal acetylenes is 1. The first-order valence-corrected chi connectivity index (χ1v) is 5.17. The van der Waals surface area contributed by atoms with Gasteiger partial charge in [-0.2, -0.15) is 0 Å². The highest BCUT2D eigenvalue weighted by Gasteiger charge is 2.20. The Morgan fingerprint density at radius 1 is 1.47 bits per heavy atom. The highest BCUT2D eigenvalue weighted by molar-refractivity contribution is 5.76. The Morgan fingerprint density at radius 2 is 2.00 bits per heavy atom. The zero-order chi connectivity index (χ0) is 13.0. The summed E-state index contributed by atoms with van der Waals surface area (Å²) in [7, 11) is 0. The predicted octanol–water partition coefficient (Wildman–Crippen LogP) is 1.36. The van der Waals surface area contributed by atoms with Crippen LogP contribution in [0, 0.1) is 26.2 Å². The largest absolute Gasteiger partial charge is 0.507 e. The van der Waals surface area contributed by atoms with E-state index in [0.717, 1.165) is 0 Å². The number of aromatic hydroxyl groups is 1. The van der Waals surface area contributed by atoms with Crippen LogP contribution in [0.5, 0.6) is 5.75 Å². The smallest absolute Gasteiger partial charge is 0.325 e. The van der Waals surface area contributed by atoms with Crippen molar-refractivity contribution in [3.63, 3.8) is 0 Å². The third kappa shape index (κ3) is 2.99. The molecule has 0 aliphatic heterocycles. The zero-order valence-corrected chi connectivity index (χ0v) is 9.82. The Hall–Kier alpha value is -1.99. The lowest BCUT2D eigenvalue weighted by Crippen LogP contribution is -2.28. The molecule has 1 aromatic rings. The number of rotatable bonds is 4. The second kappa shape index (κ2) is 5.37. The molecule has 0 saturated heterocycles. The maximum atomic E-state index is 11.1. The maximum Gasteiger partial charge on any atom is 0.325 e. The van der Waals surface area contributed by atoms with Gasteiger partial charge < -0.3 is 10.2 Å². The Balaban J connectivity index is 3.11. The van der Waals surface area contributed by atoms with Gasteiger partial charge in [0, 0.05) is 0 Å². The lowest BCUT2D eigenvalue weighted by Gasteiger charge is -2.15. The van der Waals surface area contributed by atoms with E-state index in [1.165, 1.54) is 0 Å². The Kier molecular flexibility index (Phi) is 4.13. The van der Waals surface area contributed by atoms with Crippen LogP contribution in [0.25, 0.3) is 0 Å². The Bertz CT molecular complexity index is 451. The molecular formula is C13H15NO3. The van der Waals surface area contributed by atoms with Crippen molar-refractivity contribution in [1.29, 1.82) is 0 Å². The van der Waals surface area contributed by atoms with E-state index >= 15 is 0 Å². The monoisotopic (exact) mass is 233 g/mol. The first kappa shape index (κ1) is 13.1. The van der Waals surface area contributed by atoms with Gasteiger partial charge >= 0.3 is 5.97 Å². The molecular weight excluding hydrogens is 218 g/mol. The molecule has 0 aromatic heterocycles. The van der Waals surface area contributed by atoms with Crippen LogP contribution in [-0.2, 0) is 4.79 Å². The molecule has 0 saturated carbocycles. The number of carboxylic acids is 1. The molecule has 1 atom stereocenters. The number of hydrogen-bond acceptors (Lipinski definition) is 3. The molecule has 1 aromatic carbocycles. The third-order valence-corrected chi connectivity index (χ3v) is 2.50. The van der Waals surface area contributed by atoms with Crippen LogP contribution < -0.4 is 5.32 Å². The number of hydrogen-bond donors (Lipinski definition) is 3. The SMILES string of the molecule is C#CCNC(C(=O)O)c1cc(C)c(O)c(C)c1. The van der Waals surface area contributed by atoms with Crippen LogP contribution in [0.4, 0.5) is 0 Å². The van der Waals surface area contributed by atoms with Crippen LogP contribution >= 0.6 is 0 Å². The molecule has 0 radical (unpaired) electrons. The van der Waals surface area contributed by atoms with Crippen LogP contribution in [0.1, 0.15) is 22.7 Å². The maximum absolute atomic E-state index is 11.1. The predicted molar refractivity (Wildman–Crippen MR) is 64.8 cm³/mol. The summed E-state index contributed by atoms with van der Waals surface area (Å²) in [6.45, 7) is 3.63. The first-order chi connectivity index (χ1) is 7.97. The van der Waals surface area contributed by atoms with Gasteiger partial charge in [0.15, 0.2) is 0 Å². The number of nitrogens with one attached hydrogen (secondary N) is 1. The first-order valence-electron chi connectivity index (χ1n) is 5.17. The van der Waals surface area contributed by atoms with Gasteiger partial charge in [0.1, 0.15) is 11.8 Å². The van der Waals surface area contributed by atoms with E-state index in [-0.39, 0.29) is 12.3 Å². The van der Waals surface area contributed by atoms with Gasteiger partial charge in [0.05, 0.1) is 6.54 Å². The number of benzene rings is 1. The van der Waals surface area contributed by atoms with Gasteiger partial charge in [0.2, 0.25) is 0 Å². The van der Waals surface area contributed by atoms with Crippen LogP contribution in [0.15, 0.2) is 12.1 Å². The van der Waals surface area contributed by atoms with E-state index in [4.69, 9.17) is 11.5 Å². The summed E-state index contributed by atoms with van der Waals surface area (Å²) in [5, 5.41) is 21.5. The molecule has 0 amide bonds. The van der Waals surface area contributed by atoms with E-state index < -0.39 is 12.0 Å². The van der Waals surface area contributed by atoms with E-state index in [2.05, 4.69) is 11.2 Å². The lowest BCUT2D eigenvalue weighted by molar-refractivity contribution is -0.139. The fraction of sp³-hybridized carbons (Fsp3) is 0.308. The molecule has 0 bridgehead atoms. The highest BCUT2D eigenvalue weighted by atomic mass is 16.4. The minimum absolute atomic E-state index is 0.177. The Labute approximate surface area is 100 Å². The summed E-state index contributed by atoms with van der Waals surface area (Å²) in [4.78, 5) is 11.1. The molecule has 4 heteroatoms. The number of aryl methyl sites for hydroxylation is 2. The minimum Gasteiger partial charge on any atom is -0.507 e. The molecule has 0 spiro atoms. The molecule has 1 rings (SSSR count). The number of aliphatic carboxylic acids is 1.